The normalized spacial score (nSPS) is 1.50. The van der Waals surface area contributed by atoms with E-state index in [1.807, 2.05) is 0 Å². The third-order valence-electron chi connectivity index (χ3n) is 0. The molecule has 0 unspecified atom stereocenters. The van der Waals surface area contributed by atoms with Gasteiger partial charge in [-0.3, -0.25) is 0 Å². The Morgan fingerprint density at radius 3 is 1.25 bits per heavy atom. The summed E-state index contributed by atoms with van der Waals surface area (Å²) in [5.74, 6) is 0. The van der Waals surface area contributed by atoms with Crippen LogP contribution in [0.1, 0.15) is 0 Å². The first-order chi connectivity index (χ1) is 1.00. The van der Waals surface area contributed by atoms with Crippen LogP contribution in [0.4, 0.5) is 0 Å². The summed E-state index contributed by atoms with van der Waals surface area (Å²) in [7, 11) is 0. The SMILES string of the molecule is [Cr].[Ni].[O]=[Cu]. The molecular formula is CrCuNiO. The summed E-state index contributed by atoms with van der Waals surface area (Å²) < 4.78 is 7.81. The Labute approximate surface area is 53.6 Å². The second-order valence-electron chi connectivity index (χ2n) is 0. The zero-order valence-electron chi connectivity index (χ0n) is 1.43. The van der Waals surface area contributed by atoms with Gasteiger partial charge in [0.2, 0.25) is 0 Å². The van der Waals surface area contributed by atoms with Crippen LogP contribution in [0.2, 0.25) is 0 Å². The Balaban J connectivity index is -0.00000000500. The second-order valence-corrected chi connectivity index (χ2v) is 0. The first-order valence-electron chi connectivity index (χ1n) is 0.123. The summed E-state index contributed by atoms with van der Waals surface area (Å²) in [5, 5.41) is 0. The van der Waals surface area contributed by atoms with E-state index in [4.69, 9.17) is 3.83 Å². The van der Waals surface area contributed by atoms with Gasteiger partial charge in [-0.1, -0.05) is 0 Å². The van der Waals surface area contributed by atoms with E-state index < -0.39 is 0 Å². The minimum absolute atomic E-state index is 0. The van der Waals surface area contributed by atoms with Gasteiger partial charge >= 0.3 is 19.8 Å². The maximum atomic E-state index is 7.81. The molecule has 0 radical (unpaired) electrons. The second kappa shape index (κ2) is 26.9. The van der Waals surface area contributed by atoms with Gasteiger partial charge in [-0.05, 0) is 0 Å². The van der Waals surface area contributed by atoms with Gasteiger partial charge in [0.15, 0.2) is 0 Å². The molecule has 0 aromatic heterocycles. The van der Waals surface area contributed by atoms with Gasteiger partial charge in [0.1, 0.15) is 0 Å². The van der Waals surface area contributed by atoms with Crippen molar-refractivity contribution in [3.63, 3.8) is 0 Å². The van der Waals surface area contributed by atoms with Crippen molar-refractivity contribution >= 4 is 0 Å². The van der Waals surface area contributed by atoms with E-state index in [1.54, 1.807) is 0 Å². The van der Waals surface area contributed by atoms with Crippen LogP contribution in [0.5, 0.6) is 0 Å². The van der Waals surface area contributed by atoms with Crippen molar-refractivity contribution in [3.05, 3.63) is 0 Å². The molecular weight excluding hydrogens is 190 g/mol. The molecule has 0 aliphatic heterocycles. The standard InChI is InChI=1S/Cr.Cu.Ni.O. The van der Waals surface area contributed by atoms with E-state index in [0.29, 0.717) is 0 Å². The predicted octanol–water partition coefficient (Wildman–Crippen LogP) is -0.126. The molecule has 0 rings (SSSR count). The van der Waals surface area contributed by atoms with Crippen molar-refractivity contribution in [2.75, 3.05) is 0 Å². The van der Waals surface area contributed by atoms with Crippen LogP contribution in [-0.4, -0.2) is 0 Å². The fraction of sp³-hybridized carbons (Fsp3) is 0. The average Bonchev–Trinajstić information content (AvgIpc) is 1.00. The maximum absolute atomic E-state index is 7.81. The van der Waals surface area contributed by atoms with E-state index >= 15 is 0 Å². The van der Waals surface area contributed by atoms with Gasteiger partial charge in [0, 0.05) is 33.9 Å². The minimum atomic E-state index is 0. The molecule has 4 heteroatoms. The van der Waals surface area contributed by atoms with Crippen molar-refractivity contribution in [1.82, 2.24) is 0 Å². The summed E-state index contributed by atoms with van der Waals surface area (Å²) in [5.41, 5.74) is 0. The van der Waals surface area contributed by atoms with E-state index in [1.165, 1.54) is 0 Å². The molecule has 0 bridgehead atoms. The average molecular weight is 190 g/mol. The molecule has 0 fully saturated rings. The van der Waals surface area contributed by atoms with Gasteiger partial charge in [-0.15, -0.1) is 0 Å². The fourth-order valence-electron chi connectivity index (χ4n) is 0. The fourth-order valence-corrected chi connectivity index (χ4v) is 0. The van der Waals surface area contributed by atoms with Gasteiger partial charge in [0.25, 0.3) is 0 Å². The van der Waals surface area contributed by atoms with Crippen molar-refractivity contribution in [2.45, 2.75) is 0 Å². The van der Waals surface area contributed by atoms with Crippen LogP contribution in [0.25, 0.3) is 0 Å². The summed E-state index contributed by atoms with van der Waals surface area (Å²) in [6, 6.07) is 0. The van der Waals surface area contributed by atoms with Crippen LogP contribution in [0, 0.1) is 0 Å². The zero-order chi connectivity index (χ0) is 2.00. The van der Waals surface area contributed by atoms with Crippen LogP contribution in [0.15, 0.2) is 0 Å². The summed E-state index contributed by atoms with van der Waals surface area (Å²) >= 11 is 2.94. The van der Waals surface area contributed by atoms with E-state index in [2.05, 4.69) is 15.9 Å². The summed E-state index contributed by atoms with van der Waals surface area (Å²) in [4.78, 5) is 0. The molecule has 0 saturated heterocycles. The monoisotopic (exact) mass is 189 g/mol. The Kier molecular flexibility index (Phi) is 123. The third kappa shape index (κ3) is 10.2. The molecule has 0 atom stereocenters. The van der Waals surface area contributed by atoms with E-state index in [0.717, 1.165) is 0 Å². The Morgan fingerprint density at radius 2 is 1.25 bits per heavy atom. The number of hydrogen-bond acceptors (Lipinski definition) is 1. The van der Waals surface area contributed by atoms with Crippen LogP contribution < -0.4 is 0 Å². The summed E-state index contributed by atoms with van der Waals surface area (Å²) in [6.07, 6.45) is 0. The molecule has 0 heterocycles. The molecule has 4 heavy (non-hydrogen) atoms. The van der Waals surface area contributed by atoms with Crippen LogP contribution >= 0.6 is 0 Å². The Bertz CT molecular complexity index is 8.00. The molecule has 0 aromatic rings. The molecule has 1 nitrogen and oxygen atoms in total. The molecule has 0 N–H and O–H groups in total. The van der Waals surface area contributed by atoms with Crippen LogP contribution in [-0.2, 0) is 53.6 Å². The molecule has 0 amide bonds. The van der Waals surface area contributed by atoms with Crippen molar-refractivity contribution < 1.29 is 53.6 Å². The van der Waals surface area contributed by atoms with E-state index in [9.17, 15) is 0 Å². The van der Waals surface area contributed by atoms with E-state index in [-0.39, 0.29) is 33.9 Å². The molecule has 0 aliphatic carbocycles. The molecule has 0 saturated carbocycles. The summed E-state index contributed by atoms with van der Waals surface area (Å²) in [6.45, 7) is 0. The van der Waals surface area contributed by atoms with Gasteiger partial charge < -0.3 is 0 Å². The third-order valence-corrected chi connectivity index (χ3v) is 0. The van der Waals surface area contributed by atoms with Crippen molar-refractivity contribution in [3.8, 4) is 0 Å². The van der Waals surface area contributed by atoms with Crippen LogP contribution in [0.3, 0.4) is 0 Å². The van der Waals surface area contributed by atoms with Gasteiger partial charge in [-0.25, -0.2) is 0 Å². The molecule has 33 valence electrons. The molecule has 0 aliphatic rings. The first-order valence-corrected chi connectivity index (χ1v) is 0.508. The quantitative estimate of drug-likeness (QED) is 0.486. The number of rotatable bonds is 0. The van der Waals surface area contributed by atoms with Crippen molar-refractivity contribution in [2.24, 2.45) is 0 Å². The molecule has 0 spiro atoms. The predicted molar refractivity (Wildman–Crippen MR) is 0.686 cm³/mol. The number of hydrogen-bond donors (Lipinski definition) is 0. The Hall–Kier alpha value is 1.35. The Morgan fingerprint density at radius 1 is 1.25 bits per heavy atom. The molecule has 0 aromatic carbocycles. The first kappa shape index (κ1) is 18.3. The zero-order valence-corrected chi connectivity index (χ0v) is 4.64. The van der Waals surface area contributed by atoms with Gasteiger partial charge in [0.05, 0.1) is 0 Å². The van der Waals surface area contributed by atoms with Crippen molar-refractivity contribution in [1.29, 1.82) is 0 Å². The van der Waals surface area contributed by atoms with Gasteiger partial charge in [-0.2, -0.15) is 0 Å². The topological polar surface area (TPSA) is 17.1 Å².